The third-order valence-corrected chi connectivity index (χ3v) is 9.66. The van der Waals surface area contributed by atoms with Crippen LogP contribution in [0.25, 0.3) is 53.9 Å². The zero-order valence-electron chi connectivity index (χ0n) is 25.1. The van der Waals surface area contributed by atoms with Crippen molar-refractivity contribution in [2.75, 3.05) is 0 Å². The monoisotopic (exact) mass is 554 g/mol. The van der Waals surface area contributed by atoms with Gasteiger partial charge in [-0.15, -0.1) is 11.3 Å². The highest BCUT2D eigenvalue weighted by Gasteiger charge is 2.23. The molecule has 5 aromatic carbocycles. The van der Waals surface area contributed by atoms with Gasteiger partial charge in [0.05, 0.1) is 0 Å². The molecule has 6 rings (SSSR count). The Labute approximate surface area is 250 Å². The first-order valence-corrected chi connectivity index (χ1v) is 16.7. The second-order valence-corrected chi connectivity index (χ2v) is 12.4. The summed E-state index contributed by atoms with van der Waals surface area (Å²) in [7, 11) is 0. The number of rotatable bonds is 10. The van der Waals surface area contributed by atoms with Gasteiger partial charge in [-0.3, -0.25) is 0 Å². The van der Waals surface area contributed by atoms with Crippen LogP contribution < -0.4 is 0 Å². The van der Waals surface area contributed by atoms with Crippen LogP contribution in [0.1, 0.15) is 75.6 Å². The topological polar surface area (TPSA) is 0 Å². The molecule has 0 atom stereocenters. The molecule has 41 heavy (non-hydrogen) atoms. The van der Waals surface area contributed by atoms with Crippen molar-refractivity contribution < 1.29 is 0 Å². The molecule has 0 spiro atoms. The highest BCUT2D eigenvalue weighted by molar-refractivity contribution is 7.18. The summed E-state index contributed by atoms with van der Waals surface area (Å²) in [5.41, 5.74) is 11.9. The molecule has 0 N–H and O–H groups in total. The minimum atomic E-state index is 1.15. The lowest BCUT2D eigenvalue weighted by Gasteiger charge is -2.24. The fourth-order valence-electron chi connectivity index (χ4n) is 7.15. The fourth-order valence-corrected chi connectivity index (χ4v) is 8.13. The molecule has 0 nitrogen and oxygen atoms in total. The molecular weight excluding hydrogens is 513 g/mol. The number of hydrogen-bond donors (Lipinski definition) is 0. The van der Waals surface area contributed by atoms with Crippen molar-refractivity contribution in [3.05, 3.63) is 106 Å². The van der Waals surface area contributed by atoms with E-state index in [4.69, 9.17) is 0 Å². The van der Waals surface area contributed by atoms with E-state index in [0.717, 1.165) is 12.8 Å². The molecule has 0 amide bonds. The van der Waals surface area contributed by atoms with Crippen LogP contribution in [0.3, 0.4) is 0 Å². The Balaban J connectivity index is 1.87. The minimum Gasteiger partial charge on any atom is -0.143 e. The standard InChI is InChI=1S/C40H42S/c1-5-15-29-30(16-6-2)32(18-8-4)35-26-37-36(25-34(35)31(29)17-7-3)38(27-19-11-9-12-20-27)33-23-24-41-40(33)39(37)28-21-13-10-14-22-28/h9-14,19-26H,5-8,15-18H2,1-4H3. The highest BCUT2D eigenvalue weighted by atomic mass is 32.1. The van der Waals surface area contributed by atoms with E-state index < -0.39 is 0 Å². The van der Waals surface area contributed by atoms with E-state index in [1.54, 1.807) is 22.3 Å². The van der Waals surface area contributed by atoms with Crippen LogP contribution in [0, 0.1) is 0 Å². The van der Waals surface area contributed by atoms with E-state index in [9.17, 15) is 0 Å². The molecule has 6 aromatic rings. The first-order valence-electron chi connectivity index (χ1n) is 15.8. The zero-order chi connectivity index (χ0) is 28.3. The van der Waals surface area contributed by atoms with Crippen molar-refractivity contribution in [3.8, 4) is 22.3 Å². The maximum atomic E-state index is 2.61. The summed E-state index contributed by atoms with van der Waals surface area (Å²) in [4.78, 5) is 0. The van der Waals surface area contributed by atoms with Crippen LogP contribution >= 0.6 is 11.3 Å². The maximum absolute atomic E-state index is 2.61. The summed E-state index contributed by atoms with van der Waals surface area (Å²) in [6.07, 6.45) is 9.39. The molecule has 0 aliphatic carbocycles. The Hall–Kier alpha value is -3.42. The molecule has 0 unspecified atom stereocenters. The lowest BCUT2D eigenvalue weighted by Crippen LogP contribution is -2.07. The average Bonchev–Trinajstić information content (AvgIpc) is 3.48. The first-order chi connectivity index (χ1) is 20.2. The van der Waals surface area contributed by atoms with E-state index in [1.165, 1.54) is 92.4 Å². The predicted octanol–water partition coefficient (Wildman–Crippen LogP) is 12.4. The number of fused-ring (bicyclic) bond motifs is 3. The Morgan fingerprint density at radius 2 is 0.878 bits per heavy atom. The summed E-state index contributed by atoms with van der Waals surface area (Å²) in [6.45, 7) is 9.39. The van der Waals surface area contributed by atoms with Gasteiger partial charge in [0.25, 0.3) is 0 Å². The van der Waals surface area contributed by atoms with Gasteiger partial charge >= 0.3 is 0 Å². The van der Waals surface area contributed by atoms with Gasteiger partial charge in [-0.05, 0) is 110 Å². The van der Waals surface area contributed by atoms with Gasteiger partial charge in [-0.25, -0.2) is 0 Å². The molecular formula is C40H42S. The smallest absolute Gasteiger partial charge is 0.0433 e. The Morgan fingerprint density at radius 3 is 1.37 bits per heavy atom. The van der Waals surface area contributed by atoms with Crippen LogP contribution in [0.5, 0.6) is 0 Å². The summed E-state index contributed by atoms with van der Waals surface area (Å²) >= 11 is 1.88. The predicted molar refractivity (Wildman–Crippen MR) is 184 cm³/mol. The van der Waals surface area contributed by atoms with Gasteiger partial charge in [0, 0.05) is 15.6 Å². The fraction of sp³-hybridized carbons (Fsp3) is 0.300. The van der Waals surface area contributed by atoms with E-state index >= 15 is 0 Å². The third-order valence-electron chi connectivity index (χ3n) is 8.73. The molecule has 0 saturated carbocycles. The number of thiophene rings is 1. The molecule has 0 fully saturated rings. The van der Waals surface area contributed by atoms with E-state index in [1.807, 2.05) is 11.3 Å². The van der Waals surface area contributed by atoms with Crippen LogP contribution in [0.4, 0.5) is 0 Å². The largest absolute Gasteiger partial charge is 0.143 e. The van der Waals surface area contributed by atoms with Gasteiger partial charge in [-0.2, -0.15) is 0 Å². The molecule has 0 saturated heterocycles. The SMILES string of the molecule is CCCc1c(CCC)c(CCC)c2cc3c(-c4ccccc4)c4sccc4c(-c4ccccc4)c3cc2c1CCC. The summed E-state index contributed by atoms with van der Waals surface area (Å²) < 4.78 is 1.39. The molecule has 0 aliphatic rings. The van der Waals surface area contributed by atoms with Gasteiger partial charge in [-0.1, -0.05) is 114 Å². The van der Waals surface area contributed by atoms with E-state index in [0.29, 0.717) is 0 Å². The molecule has 1 heterocycles. The molecule has 1 aromatic heterocycles. The quantitative estimate of drug-likeness (QED) is 0.148. The van der Waals surface area contributed by atoms with Crippen molar-refractivity contribution >= 4 is 43.0 Å². The van der Waals surface area contributed by atoms with Gasteiger partial charge in [0.1, 0.15) is 0 Å². The van der Waals surface area contributed by atoms with Crippen molar-refractivity contribution in [1.82, 2.24) is 0 Å². The zero-order valence-corrected chi connectivity index (χ0v) is 26.0. The van der Waals surface area contributed by atoms with Crippen molar-refractivity contribution in [2.24, 2.45) is 0 Å². The first kappa shape index (κ1) is 27.7. The third kappa shape index (κ3) is 4.89. The Bertz CT molecular complexity index is 1670. The molecule has 0 bridgehead atoms. The van der Waals surface area contributed by atoms with Crippen LogP contribution in [-0.2, 0) is 25.7 Å². The van der Waals surface area contributed by atoms with Crippen molar-refractivity contribution in [3.63, 3.8) is 0 Å². The van der Waals surface area contributed by atoms with Crippen molar-refractivity contribution in [1.29, 1.82) is 0 Å². The maximum Gasteiger partial charge on any atom is 0.0433 e. The van der Waals surface area contributed by atoms with Crippen LogP contribution in [0.15, 0.2) is 84.2 Å². The number of benzene rings is 5. The van der Waals surface area contributed by atoms with Crippen LogP contribution in [-0.4, -0.2) is 0 Å². The molecule has 1 heteroatoms. The summed E-state index contributed by atoms with van der Waals surface area (Å²) in [5.74, 6) is 0. The lowest BCUT2D eigenvalue weighted by molar-refractivity contribution is 0.810. The normalized spacial score (nSPS) is 11.7. The van der Waals surface area contributed by atoms with E-state index in [2.05, 4.69) is 112 Å². The van der Waals surface area contributed by atoms with Gasteiger partial charge in [0.2, 0.25) is 0 Å². The summed E-state index contributed by atoms with van der Waals surface area (Å²) in [5, 5.41) is 9.43. The Morgan fingerprint density at radius 1 is 0.439 bits per heavy atom. The second-order valence-electron chi connectivity index (χ2n) is 11.5. The minimum absolute atomic E-state index is 1.15. The number of hydrogen-bond acceptors (Lipinski definition) is 1. The Kier molecular flexibility index (Phi) is 8.26. The van der Waals surface area contributed by atoms with Crippen molar-refractivity contribution in [2.45, 2.75) is 79.1 Å². The second kappa shape index (κ2) is 12.2. The molecule has 0 radical (unpaired) electrons. The highest BCUT2D eigenvalue weighted by Crippen LogP contribution is 2.48. The van der Waals surface area contributed by atoms with Gasteiger partial charge in [0.15, 0.2) is 0 Å². The van der Waals surface area contributed by atoms with Crippen LogP contribution in [0.2, 0.25) is 0 Å². The van der Waals surface area contributed by atoms with E-state index in [-0.39, 0.29) is 0 Å². The number of aryl methyl sites for hydroxylation is 2. The summed E-state index contributed by atoms with van der Waals surface area (Å²) in [6, 6.07) is 29.7. The lowest BCUT2D eigenvalue weighted by atomic mass is 9.80. The van der Waals surface area contributed by atoms with Gasteiger partial charge < -0.3 is 0 Å². The molecule has 0 aliphatic heterocycles. The molecule has 208 valence electrons. The average molecular weight is 555 g/mol.